The van der Waals surface area contributed by atoms with Gasteiger partial charge >= 0.3 is 0 Å². The van der Waals surface area contributed by atoms with Crippen LogP contribution < -0.4 is 24.8 Å². The van der Waals surface area contributed by atoms with Gasteiger partial charge in [0.2, 0.25) is 5.91 Å². The molecule has 1 saturated carbocycles. The van der Waals surface area contributed by atoms with Crippen LogP contribution in [0.1, 0.15) is 48.5 Å². The first-order valence-electron chi connectivity index (χ1n) is 11.3. The number of ether oxygens (including phenoxy) is 3. The Bertz CT molecular complexity index is 969. The number of hydrogen-bond acceptors (Lipinski definition) is 5. The zero-order chi connectivity index (χ0) is 22.4. The Hall–Kier alpha value is -3.22. The van der Waals surface area contributed by atoms with Crippen LogP contribution in [0.2, 0.25) is 0 Å². The van der Waals surface area contributed by atoms with Gasteiger partial charge in [0.1, 0.15) is 19.0 Å². The van der Waals surface area contributed by atoms with Crippen LogP contribution in [0.15, 0.2) is 42.5 Å². The molecule has 0 bridgehead atoms. The molecule has 7 heteroatoms. The number of carbonyl (C=O) groups is 2. The highest BCUT2D eigenvalue weighted by Gasteiger charge is 2.36. The van der Waals surface area contributed by atoms with Gasteiger partial charge < -0.3 is 24.8 Å². The average molecular weight is 439 g/mol. The minimum atomic E-state index is -0.327. The summed E-state index contributed by atoms with van der Waals surface area (Å²) < 4.78 is 16.9. The second kappa shape index (κ2) is 9.94. The van der Waals surface area contributed by atoms with Gasteiger partial charge in [0, 0.05) is 12.0 Å². The van der Waals surface area contributed by atoms with Crippen LogP contribution in [0.25, 0.3) is 0 Å². The second-order valence-corrected chi connectivity index (χ2v) is 8.23. The molecule has 1 aliphatic carbocycles. The first kappa shape index (κ1) is 22.0. The summed E-state index contributed by atoms with van der Waals surface area (Å²) in [7, 11) is 0. The molecule has 2 aromatic rings. The van der Waals surface area contributed by atoms with E-state index in [9.17, 15) is 9.59 Å². The molecule has 2 amide bonds. The number of nitrogens with one attached hydrogen (secondary N) is 2. The monoisotopic (exact) mass is 438 g/mol. The third-order valence-corrected chi connectivity index (χ3v) is 6.18. The lowest BCUT2D eigenvalue weighted by Gasteiger charge is -2.31. The Morgan fingerprint density at radius 3 is 2.53 bits per heavy atom. The number of rotatable bonds is 8. The molecule has 170 valence electrons. The summed E-state index contributed by atoms with van der Waals surface area (Å²) in [6, 6.07) is 13.1. The predicted molar refractivity (Wildman–Crippen MR) is 121 cm³/mol. The topological polar surface area (TPSA) is 85.9 Å². The highest BCUT2D eigenvalue weighted by molar-refractivity contribution is 5.98. The van der Waals surface area contributed by atoms with E-state index in [1.807, 2.05) is 19.1 Å². The fourth-order valence-corrected chi connectivity index (χ4v) is 4.51. The number of para-hydroxylation sites is 1. The fourth-order valence-electron chi connectivity index (χ4n) is 4.51. The van der Waals surface area contributed by atoms with E-state index in [0.717, 1.165) is 42.7 Å². The van der Waals surface area contributed by atoms with Crippen molar-refractivity contribution < 1.29 is 23.8 Å². The maximum atomic E-state index is 12.6. The summed E-state index contributed by atoms with van der Waals surface area (Å²) in [4.78, 5) is 25.1. The van der Waals surface area contributed by atoms with E-state index < -0.39 is 0 Å². The van der Waals surface area contributed by atoms with Crippen molar-refractivity contribution in [3.05, 3.63) is 53.6 Å². The van der Waals surface area contributed by atoms with Crippen molar-refractivity contribution in [3.8, 4) is 17.2 Å². The molecule has 1 heterocycles. The van der Waals surface area contributed by atoms with E-state index in [1.54, 1.807) is 18.2 Å². The smallest absolute Gasteiger partial charge is 0.255 e. The number of hydrogen-bond donors (Lipinski definition) is 2. The minimum absolute atomic E-state index is 0.0868. The van der Waals surface area contributed by atoms with Gasteiger partial charge in [0.25, 0.3) is 5.91 Å². The van der Waals surface area contributed by atoms with Gasteiger partial charge in [-0.05, 0) is 49.6 Å². The standard InChI is InChI=1S/C25H30N2O5/c1-2-30-20-8-4-3-7-19(20)24(29)26-16-23(28)27-17-25(11-5-6-12-25)18-9-10-21-22(15-18)32-14-13-31-21/h3-4,7-10,15H,2,5-6,11-14,16-17H2,1H3,(H,26,29)(H,27,28). The molecule has 0 unspecified atom stereocenters. The van der Waals surface area contributed by atoms with Crippen molar-refractivity contribution in [2.24, 2.45) is 0 Å². The zero-order valence-corrected chi connectivity index (χ0v) is 18.4. The minimum Gasteiger partial charge on any atom is -0.493 e. The van der Waals surface area contributed by atoms with Crippen molar-refractivity contribution >= 4 is 11.8 Å². The Morgan fingerprint density at radius 1 is 1.00 bits per heavy atom. The van der Waals surface area contributed by atoms with Gasteiger partial charge in [-0.3, -0.25) is 9.59 Å². The van der Waals surface area contributed by atoms with Gasteiger partial charge in [0.15, 0.2) is 11.5 Å². The van der Waals surface area contributed by atoms with Gasteiger partial charge in [-0.2, -0.15) is 0 Å². The Balaban J connectivity index is 1.36. The van der Waals surface area contributed by atoms with E-state index in [1.165, 1.54) is 0 Å². The van der Waals surface area contributed by atoms with E-state index in [2.05, 4.69) is 22.8 Å². The van der Waals surface area contributed by atoms with Gasteiger partial charge in [-0.1, -0.05) is 31.0 Å². The van der Waals surface area contributed by atoms with Gasteiger partial charge in [-0.25, -0.2) is 0 Å². The SMILES string of the molecule is CCOc1ccccc1C(=O)NCC(=O)NCC1(c2ccc3c(c2)OCCO3)CCCC1. The molecular formula is C25H30N2O5. The molecule has 1 fully saturated rings. The highest BCUT2D eigenvalue weighted by Crippen LogP contribution is 2.43. The molecule has 1 aliphatic heterocycles. The second-order valence-electron chi connectivity index (χ2n) is 8.23. The van der Waals surface area contributed by atoms with Crippen molar-refractivity contribution in [1.29, 1.82) is 0 Å². The lowest BCUT2D eigenvalue weighted by Crippen LogP contribution is -2.43. The molecular weight excluding hydrogens is 408 g/mol. The summed E-state index contributed by atoms with van der Waals surface area (Å²) >= 11 is 0. The summed E-state index contributed by atoms with van der Waals surface area (Å²) in [6.45, 7) is 3.88. The summed E-state index contributed by atoms with van der Waals surface area (Å²) in [6.07, 6.45) is 4.24. The van der Waals surface area contributed by atoms with E-state index >= 15 is 0 Å². The Labute approximate surface area is 188 Å². The molecule has 0 atom stereocenters. The molecule has 7 nitrogen and oxygen atoms in total. The average Bonchev–Trinajstić information content (AvgIpc) is 3.32. The normalized spacial score (nSPS) is 16.3. The van der Waals surface area contributed by atoms with E-state index in [4.69, 9.17) is 14.2 Å². The zero-order valence-electron chi connectivity index (χ0n) is 18.4. The quantitative estimate of drug-likeness (QED) is 0.661. The first-order chi connectivity index (χ1) is 15.6. The third-order valence-electron chi connectivity index (χ3n) is 6.18. The lowest BCUT2D eigenvalue weighted by molar-refractivity contribution is -0.120. The molecule has 0 aromatic heterocycles. The Morgan fingerprint density at radius 2 is 1.75 bits per heavy atom. The fraction of sp³-hybridized carbons (Fsp3) is 0.440. The van der Waals surface area contributed by atoms with Crippen molar-refractivity contribution in [1.82, 2.24) is 10.6 Å². The first-order valence-corrected chi connectivity index (χ1v) is 11.3. The molecule has 2 N–H and O–H groups in total. The van der Waals surface area contributed by atoms with Crippen LogP contribution in [0.4, 0.5) is 0 Å². The molecule has 0 spiro atoms. The lowest BCUT2D eigenvalue weighted by atomic mass is 9.78. The van der Waals surface area contributed by atoms with Crippen LogP contribution in [0, 0.1) is 0 Å². The number of fused-ring (bicyclic) bond motifs is 1. The van der Waals surface area contributed by atoms with Crippen LogP contribution in [0.3, 0.4) is 0 Å². The van der Waals surface area contributed by atoms with E-state index in [0.29, 0.717) is 37.7 Å². The van der Waals surface area contributed by atoms with Crippen LogP contribution in [-0.2, 0) is 10.2 Å². The van der Waals surface area contributed by atoms with Crippen LogP contribution in [0.5, 0.6) is 17.2 Å². The van der Waals surface area contributed by atoms with Gasteiger partial charge in [0.05, 0.1) is 18.7 Å². The highest BCUT2D eigenvalue weighted by atomic mass is 16.6. The number of amides is 2. The molecule has 2 aliphatic rings. The maximum absolute atomic E-state index is 12.6. The largest absolute Gasteiger partial charge is 0.493 e. The molecule has 32 heavy (non-hydrogen) atoms. The summed E-state index contributed by atoms with van der Waals surface area (Å²) in [5.74, 6) is 1.51. The summed E-state index contributed by atoms with van der Waals surface area (Å²) in [5.41, 5.74) is 1.46. The van der Waals surface area contributed by atoms with Crippen LogP contribution >= 0.6 is 0 Å². The molecule has 0 saturated heterocycles. The van der Waals surface area contributed by atoms with Gasteiger partial charge in [-0.15, -0.1) is 0 Å². The maximum Gasteiger partial charge on any atom is 0.255 e. The third kappa shape index (κ3) is 4.82. The molecule has 0 radical (unpaired) electrons. The predicted octanol–water partition coefficient (Wildman–Crippen LogP) is 3.21. The summed E-state index contributed by atoms with van der Waals surface area (Å²) in [5, 5.41) is 5.73. The molecule has 2 aromatic carbocycles. The van der Waals surface area contributed by atoms with E-state index in [-0.39, 0.29) is 23.8 Å². The molecule has 4 rings (SSSR count). The number of benzene rings is 2. The van der Waals surface area contributed by atoms with Crippen molar-refractivity contribution in [2.45, 2.75) is 38.0 Å². The van der Waals surface area contributed by atoms with Crippen molar-refractivity contribution in [3.63, 3.8) is 0 Å². The Kier molecular flexibility index (Phi) is 6.83. The van der Waals surface area contributed by atoms with Crippen molar-refractivity contribution in [2.75, 3.05) is 32.9 Å². The number of carbonyl (C=O) groups excluding carboxylic acids is 2. The van der Waals surface area contributed by atoms with Crippen LogP contribution in [-0.4, -0.2) is 44.7 Å².